The van der Waals surface area contributed by atoms with Gasteiger partial charge in [-0.25, -0.2) is 13.1 Å². The van der Waals surface area contributed by atoms with Gasteiger partial charge in [0, 0.05) is 16.3 Å². The largest absolute Gasteiger partial charge is 0.398 e. The van der Waals surface area contributed by atoms with E-state index in [1.165, 1.54) is 0 Å². The molecular formula is C12H14ClN5O2S. The van der Waals surface area contributed by atoms with E-state index in [1.807, 2.05) is 0 Å². The maximum Gasteiger partial charge on any atom is 0.184 e. The smallest absolute Gasteiger partial charge is 0.184 e. The van der Waals surface area contributed by atoms with Crippen LogP contribution in [0.15, 0.2) is 18.2 Å². The highest BCUT2D eigenvalue weighted by atomic mass is 35.5. The molecule has 0 amide bonds. The molecule has 0 spiro atoms. The SMILES string of the molecule is Nc1ccc(Cl)cc1-c1nnnn1C1CCS(=O)(=O)CC1. The summed E-state index contributed by atoms with van der Waals surface area (Å²) >= 11 is 6.00. The standard InChI is InChI=1S/C12H14ClN5O2S/c13-8-1-2-11(14)10(7-8)12-15-16-17-18(12)9-3-5-21(19,20)6-4-9/h1-2,7,9H,3-6,14H2. The lowest BCUT2D eigenvalue weighted by atomic mass is 10.1. The lowest BCUT2D eigenvalue weighted by Gasteiger charge is -2.22. The number of anilines is 1. The van der Waals surface area contributed by atoms with Crippen LogP contribution in [-0.4, -0.2) is 40.1 Å². The van der Waals surface area contributed by atoms with Crippen LogP contribution in [0.2, 0.25) is 5.02 Å². The number of benzene rings is 1. The Morgan fingerprint density at radius 2 is 2.00 bits per heavy atom. The van der Waals surface area contributed by atoms with Crippen LogP contribution in [-0.2, 0) is 9.84 Å². The second-order valence-corrected chi connectivity index (χ2v) is 7.80. The van der Waals surface area contributed by atoms with Gasteiger partial charge in [0.25, 0.3) is 0 Å². The molecular weight excluding hydrogens is 314 g/mol. The summed E-state index contributed by atoms with van der Waals surface area (Å²) < 4.78 is 24.7. The fourth-order valence-electron chi connectivity index (χ4n) is 2.46. The highest BCUT2D eigenvalue weighted by molar-refractivity contribution is 7.91. The minimum Gasteiger partial charge on any atom is -0.398 e. The number of nitrogen functional groups attached to an aromatic ring is 1. The third-order valence-corrected chi connectivity index (χ3v) is 5.57. The fraction of sp³-hybridized carbons (Fsp3) is 0.417. The summed E-state index contributed by atoms with van der Waals surface area (Å²) in [7, 11) is -2.93. The summed E-state index contributed by atoms with van der Waals surface area (Å²) in [6.45, 7) is 0. The van der Waals surface area contributed by atoms with Crippen molar-refractivity contribution in [1.82, 2.24) is 20.2 Å². The van der Waals surface area contributed by atoms with Gasteiger partial charge < -0.3 is 5.73 Å². The van der Waals surface area contributed by atoms with Gasteiger partial charge in [0.1, 0.15) is 9.84 Å². The Labute approximate surface area is 127 Å². The molecule has 0 aliphatic carbocycles. The Morgan fingerprint density at radius 1 is 1.29 bits per heavy atom. The molecule has 1 fully saturated rings. The van der Waals surface area contributed by atoms with Crippen LogP contribution in [0.3, 0.4) is 0 Å². The maximum absolute atomic E-state index is 11.5. The summed E-state index contributed by atoms with van der Waals surface area (Å²) in [5, 5.41) is 12.2. The Hall–Kier alpha value is -1.67. The predicted octanol–water partition coefficient (Wildman–Crippen LogP) is 1.33. The van der Waals surface area contributed by atoms with E-state index >= 15 is 0 Å². The van der Waals surface area contributed by atoms with Crippen molar-refractivity contribution in [3.8, 4) is 11.4 Å². The summed E-state index contributed by atoms with van der Waals surface area (Å²) in [4.78, 5) is 0. The molecule has 1 aromatic carbocycles. The average molecular weight is 328 g/mol. The molecule has 1 aliphatic heterocycles. The molecule has 1 aromatic heterocycles. The van der Waals surface area contributed by atoms with E-state index in [1.54, 1.807) is 22.9 Å². The first-order valence-electron chi connectivity index (χ1n) is 6.50. The molecule has 0 radical (unpaired) electrons. The van der Waals surface area contributed by atoms with Crippen LogP contribution in [0.4, 0.5) is 5.69 Å². The van der Waals surface area contributed by atoms with E-state index in [0.717, 1.165) is 0 Å². The van der Waals surface area contributed by atoms with Crippen LogP contribution in [0.1, 0.15) is 18.9 Å². The average Bonchev–Trinajstić information content (AvgIpc) is 2.90. The molecule has 2 aromatic rings. The molecule has 7 nitrogen and oxygen atoms in total. The second kappa shape index (κ2) is 5.27. The number of nitrogens with zero attached hydrogens (tertiary/aromatic N) is 4. The summed E-state index contributed by atoms with van der Waals surface area (Å²) in [6, 6.07) is 5.06. The molecule has 1 saturated heterocycles. The fourth-order valence-corrected chi connectivity index (χ4v) is 4.10. The van der Waals surface area contributed by atoms with Crippen molar-refractivity contribution in [1.29, 1.82) is 0 Å². The minimum absolute atomic E-state index is 0.0445. The van der Waals surface area contributed by atoms with Crippen LogP contribution < -0.4 is 5.73 Å². The summed E-state index contributed by atoms with van der Waals surface area (Å²) in [5.74, 6) is 0.823. The quantitative estimate of drug-likeness (QED) is 0.834. The van der Waals surface area contributed by atoms with E-state index in [9.17, 15) is 8.42 Å². The molecule has 0 unspecified atom stereocenters. The summed E-state index contributed by atoms with van der Waals surface area (Å²) in [6.07, 6.45) is 1.00. The van der Waals surface area contributed by atoms with E-state index in [0.29, 0.717) is 34.9 Å². The molecule has 0 saturated carbocycles. The molecule has 9 heteroatoms. The first-order valence-corrected chi connectivity index (χ1v) is 8.70. The van der Waals surface area contributed by atoms with Crippen LogP contribution in [0.5, 0.6) is 0 Å². The van der Waals surface area contributed by atoms with E-state index in [-0.39, 0.29) is 17.5 Å². The molecule has 0 bridgehead atoms. The first kappa shape index (κ1) is 14.3. The maximum atomic E-state index is 11.5. The number of hydrogen-bond acceptors (Lipinski definition) is 6. The number of halogens is 1. The zero-order valence-corrected chi connectivity index (χ0v) is 12.7. The van der Waals surface area contributed by atoms with Gasteiger partial charge in [-0.2, -0.15) is 0 Å². The molecule has 3 rings (SSSR count). The monoisotopic (exact) mass is 327 g/mol. The lowest BCUT2D eigenvalue weighted by molar-refractivity contribution is 0.408. The third-order valence-electron chi connectivity index (χ3n) is 3.62. The third kappa shape index (κ3) is 2.86. The highest BCUT2D eigenvalue weighted by Gasteiger charge is 2.28. The Balaban J connectivity index is 1.96. The molecule has 21 heavy (non-hydrogen) atoms. The van der Waals surface area contributed by atoms with E-state index in [2.05, 4.69) is 15.5 Å². The number of nitrogens with two attached hydrogens (primary N) is 1. The van der Waals surface area contributed by atoms with Gasteiger partial charge in [0.15, 0.2) is 5.82 Å². The number of rotatable bonds is 2. The van der Waals surface area contributed by atoms with E-state index in [4.69, 9.17) is 17.3 Å². The van der Waals surface area contributed by atoms with Crippen molar-refractivity contribution >= 4 is 27.1 Å². The Kier molecular flexibility index (Phi) is 3.58. The number of sulfone groups is 1. The van der Waals surface area contributed by atoms with Crippen molar-refractivity contribution in [2.75, 3.05) is 17.2 Å². The number of tetrazole rings is 1. The number of aromatic nitrogens is 4. The van der Waals surface area contributed by atoms with Gasteiger partial charge in [-0.1, -0.05) is 11.6 Å². The Bertz CT molecular complexity index is 760. The van der Waals surface area contributed by atoms with Crippen molar-refractivity contribution in [3.63, 3.8) is 0 Å². The lowest BCUT2D eigenvalue weighted by Crippen LogP contribution is -2.26. The summed E-state index contributed by atoms with van der Waals surface area (Å²) in [5.41, 5.74) is 7.14. The molecule has 112 valence electrons. The zero-order chi connectivity index (χ0) is 15.0. The van der Waals surface area contributed by atoms with E-state index < -0.39 is 9.84 Å². The van der Waals surface area contributed by atoms with Crippen molar-refractivity contribution in [3.05, 3.63) is 23.2 Å². The molecule has 1 aliphatic rings. The zero-order valence-electron chi connectivity index (χ0n) is 11.1. The van der Waals surface area contributed by atoms with Crippen molar-refractivity contribution in [2.24, 2.45) is 0 Å². The predicted molar refractivity (Wildman–Crippen MR) is 79.6 cm³/mol. The van der Waals surface area contributed by atoms with Gasteiger partial charge >= 0.3 is 0 Å². The molecule has 2 N–H and O–H groups in total. The normalized spacial score (nSPS) is 18.7. The molecule has 2 heterocycles. The van der Waals surface area contributed by atoms with Gasteiger partial charge in [-0.15, -0.1) is 5.10 Å². The number of hydrogen-bond donors (Lipinski definition) is 1. The van der Waals surface area contributed by atoms with Crippen LogP contribution in [0, 0.1) is 0 Å². The van der Waals surface area contributed by atoms with Crippen LogP contribution >= 0.6 is 11.6 Å². The van der Waals surface area contributed by atoms with Crippen molar-refractivity contribution in [2.45, 2.75) is 18.9 Å². The minimum atomic E-state index is -2.93. The Morgan fingerprint density at radius 3 is 2.71 bits per heavy atom. The topological polar surface area (TPSA) is 104 Å². The van der Waals surface area contributed by atoms with Gasteiger partial charge in [-0.05, 0) is 41.5 Å². The van der Waals surface area contributed by atoms with Crippen molar-refractivity contribution < 1.29 is 8.42 Å². The highest BCUT2D eigenvalue weighted by Crippen LogP contribution is 2.31. The van der Waals surface area contributed by atoms with Gasteiger partial charge in [0.2, 0.25) is 0 Å². The van der Waals surface area contributed by atoms with Crippen LogP contribution in [0.25, 0.3) is 11.4 Å². The van der Waals surface area contributed by atoms with Gasteiger partial charge in [0.05, 0.1) is 17.5 Å². The first-order chi connectivity index (χ1) is 9.96. The molecule has 0 atom stereocenters. The second-order valence-electron chi connectivity index (χ2n) is 5.06. The van der Waals surface area contributed by atoms with Gasteiger partial charge in [-0.3, -0.25) is 0 Å².